The Kier molecular flexibility index (Phi) is 3.38. The molecule has 0 unspecified atom stereocenters. The average molecular weight is 255 g/mol. The molecule has 3 nitrogen and oxygen atoms in total. The molecule has 0 amide bonds. The highest BCUT2D eigenvalue weighted by molar-refractivity contribution is 5.63. The van der Waals surface area contributed by atoms with E-state index >= 15 is 0 Å². The van der Waals surface area contributed by atoms with Gasteiger partial charge in [-0.3, -0.25) is 0 Å². The van der Waals surface area contributed by atoms with Crippen LogP contribution in [0.1, 0.15) is 30.4 Å². The number of hydrogen-bond donors (Lipinski definition) is 1. The summed E-state index contributed by atoms with van der Waals surface area (Å²) in [5.41, 5.74) is 5.24. The van der Waals surface area contributed by atoms with Crippen LogP contribution in [0.15, 0.2) is 24.3 Å². The molecule has 0 spiro atoms. The summed E-state index contributed by atoms with van der Waals surface area (Å²) in [6.07, 6.45) is 3.49. The molecule has 0 bridgehead atoms. The Hall–Kier alpha value is -1.61. The maximum atomic E-state index is 4.85. The number of imidazole rings is 1. The highest BCUT2D eigenvalue weighted by Gasteiger charge is 2.21. The first kappa shape index (κ1) is 12.4. The summed E-state index contributed by atoms with van der Waals surface area (Å²) >= 11 is 0. The first-order chi connectivity index (χ1) is 9.33. The summed E-state index contributed by atoms with van der Waals surface area (Å²) in [6, 6.07) is 8.86. The molecule has 2 heterocycles. The van der Waals surface area contributed by atoms with E-state index in [1.807, 2.05) is 7.05 Å². The van der Waals surface area contributed by atoms with Gasteiger partial charge >= 0.3 is 0 Å². The predicted octanol–water partition coefficient (Wildman–Crippen LogP) is 2.78. The van der Waals surface area contributed by atoms with Crippen LogP contribution in [0, 0.1) is 0 Å². The molecule has 19 heavy (non-hydrogen) atoms. The highest BCUT2D eigenvalue weighted by Crippen LogP contribution is 2.29. The fraction of sp³-hybridized carbons (Fsp3) is 0.438. The van der Waals surface area contributed by atoms with E-state index in [9.17, 15) is 0 Å². The lowest BCUT2D eigenvalue weighted by molar-refractivity contribution is 0.653. The molecule has 0 atom stereocenters. The Morgan fingerprint density at radius 3 is 2.74 bits per heavy atom. The van der Waals surface area contributed by atoms with Gasteiger partial charge in [0.1, 0.15) is 5.82 Å². The second kappa shape index (κ2) is 5.17. The van der Waals surface area contributed by atoms with Crippen LogP contribution in [0.4, 0.5) is 0 Å². The largest absolute Gasteiger partial charge is 0.330 e. The molecular formula is C16H21N3. The van der Waals surface area contributed by atoms with Crippen molar-refractivity contribution in [2.24, 2.45) is 0 Å². The summed E-state index contributed by atoms with van der Waals surface area (Å²) in [7, 11) is 1.98. The molecule has 3 heteroatoms. The van der Waals surface area contributed by atoms with E-state index in [0.29, 0.717) is 0 Å². The molecule has 1 aromatic heterocycles. The average Bonchev–Trinajstić information content (AvgIpc) is 3.03. The lowest BCUT2D eigenvalue weighted by Gasteiger charge is -2.02. The van der Waals surface area contributed by atoms with E-state index in [2.05, 4.69) is 41.1 Å². The normalized spacial score (nSPS) is 13.8. The van der Waals surface area contributed by atoms with Crippen LogP contribution >= 0.6 is 0 Å². The molecule has 1 aliphatic rings. The van der Waals surface area contributed by atoms with Gasteiger partial charge in [0.25, 0.3) is 0 Å². The van der Waals surface area contributed by atoms with Crippen molar-refractivity contribution in [2.75, 3.05) is 7.05 Å². The monoisotopic (exact) mass is 255 g/mol. The SMILES string of the molecule is CCc1ccc(-c2nc(CNC)n3c2CCC3)cc1. The van der Waals surface area contributed by atoms with Gasteiger partial charge in [-0.05, 0) is 31.9 Å². The van der Waals surface area contributed by atoms with Crippen LogP contribution in [0.2, 0.25) is 0 Å². The minimum Gasteiger partial charge on any atom is -0.330 e. The molecule has 0 radical (unpaired) electrons. The van der Waals surface area contributed by atoms with Gasteiger partial charge in [-0.15, -0.1) is 0 Å². The Morgan fingerprint density at radius 1 is 1.26 bits per heavy atom. The number of fused-ring (bicyclic) bond motifs is 1. The van der Waals surface area contributed by atoms with Crippen LogP contribution in [0.25, 0.3) is 11.3 Å². The number of benzene rings is 1. The van der Waals surface area contributed by atoms with Crippen LogP contribution in [0.3, 0.4) is 0 Å². The zero-order valence-corrected chi connectivity index (χ0v) is 11.7. The zero-order valence-electron chi connectivity index (χ0n) is 11.7. The standard InChI is InChI=1S/C16H21N3/c1-3-12-6-8-13(9-7-12)16-14-5-4-10-19(14)15(18-16)11-17-2/h6-9,17H,3-5,10-11H2,1-2H3. The van der Waals surface area contributed by atoms with Gasteiger partial charge in [0.15, 0.2) is 0 Å². The quantitative estimate of drug-likeness (QED) is 0.910. The van der Waals surface area contributed by atoms with Crippen molar-refractivity contribution in [3.8, 4) is 11.3 Å². The summed E-state index contributed by atoms with van der Waals surface area (Å²) in [5, 5.41) is 3.21. The third kappa shape index (κ3) is 2.19. The summed E-state index contributed by atoms with van der Waals surface area (Å²) < 4.78 is 2.39. The number of aromatic nitrogens is 2. The van der Waals surface area contributed by atoms with Crippen LogP contribution in [-0.2, 0) is 25.9 Å². The second-order valence-corrected chi connectivity index (χ2v) is 5.16. The molecule has 0 aliphatic carbocycles. The molecule has 0 saturated heterocycles. The second-order valence-electron chi connectivity index (χ2n) is 5.16. The Balaban J connectivity index is 2.02. The van der Waals surface area contributed by atoms with Gasteiger partial charge in [0.2, 0.25) is 0 Å². The van der Waals surface area contributed by atoms with E-state index in [1.54, 1.807) is 0 Å². The minimum absolute atomic E-state index is 0.847. The molecule has 3 rings (SSSR count). The molecule has 1 N–H and O–H groups in total. The summed E-state index contributed by atoms with van der Waals surface area (Å²) in [6.45, 7) is 4.15. The van der Waals surface area contributed by atoms with E-state index in [4.69, 9.17) is 4.98 Å². The first-order valence-corrected chi connectivity index (χ1v) is 7.15. The van der Waals surface area contributed by atoms with Crippen molar-refractivity contribution >= 4 is 0 Å². The van der Waals surface area contributed by atoms with Crippen molar-refractivity contribution in [1.29, 1.82) is 0 Å². The van der Waals surface area contributed by atoms with Crippen molar-refractivity contribution in [3.63, 3.8) is 0 Å². The highest BCUT2D eigenvalue weighted by atomic mass is 15.1. The minimum atomic E-state index is 0.847. The van der Waals surface area contributed by atoms with Crippen molar-refractivity contribution in [2.45, 2.75) is 39.3 Å². The lowest BCUT2D eigenvalue weighted by atomic mass is 10.1. The maximum absolute atomic E-state index is 4.85. The molecule has 1 aromatic carbocycles. The van der Waals surface area contributed by atoms with E-state index in [0.717, 1.165) is 25.9 Å². The predicted molar refractivity (Wildman–Crippen MR) is 78.1 cm³/mol. The fourth-order valence-electron chi connectivity index (χ4n) is 2.88. The molecular weight excluding hydrogens is 234 g/mol. The maximum Gasteiger partial charge on any atom is 0.123 e. The van der Waals surface area contributed by atoms with Gasteiger partial charge in [0, 0.05) is 17.8 Å². The van der Waals surface area contributed by atoms with Crippen LogP contribution in [-0.4, -0.2) is 16.6 Å². The van der Waals surface area contributed by atoms with Crippen molar-refractivity contribution in [3.05, 3.63) is 41.3 Å². The van der Waals surface area contributed by atoms with E-state index in [-0.39, 0.29) is 0 Å². The van der Waals surface area contributed by atoms with Gasteiger partial charge in [-0.1, -0.05) is 31.2 Å². The molecule has 100 valence electrons. The molecule has 1 aliphatic heterocycles. The smallest absolute Gasteiger partial charge is 0.123 e. The fourth-order valence-corrected chi connectivity index (χ4v) is 2.88. The van der Waals surface area contributed by atoms with Gasteiger partial charge < -0.3 is 9.88 Å². The van der Waals surface area contributed by atoms with Crippen LogP contribution in [0.5, 0.6) is 0 Å². The topological polar surface area (TPSA) is 29.9 Å². The summed E-state index contributed by atoms with van der Waals surface area (Å²) in [4.78, 5) is 4.85. The van der Waals surface area contributed by atoms with Gasteiger partial charge in [-0.2, -0.15) is 0 Å². The number of rotatable bonds is 4. The molecule has 2 aromatic rings. The Labute approximate surface area is 114 Å². The number of nitrogens with zero attached hydrogens (tertiary/aromatic N) is 2. The Bertz CT molecular complexity index is 566. The third-order valence-corrected chi connectivity index (χ3v) is 3.92. The third-order valence-electron chi connectivity index (χ3n) is 3.92. The molecule has 0 fully saturated rings. The van der Waals surface area contributed by atoms with Crippen molar-refractivity contribution in [1.82, 2.24) is 14.9 Å². The lowest BCUT2D eigenvalue weighted by Crippen LogP contribution is -2.11. The van der Waals surface area contributed by atoms with Gasteiger partial charge in [0.05, 0.1) is 12.2 Å². The van der Waals surface area contributed by atoms with E-state index in [1.165, 1.54) is 34.8 Å². The first-order valence-electron chi connectivity index (χ1n) is 7.15. The number of nitrogens with one attached hydrogen (secondary N) is 1. The van der Waals surface area contributed by atoms with Gasteiger partial charge in [-0.25, -0.2) is 4.98 Å². The number of hydrogen-bond acceptors (Lipinski definition) is 2. The van der Waals surface area contributed by atoms with Crippen LogP contribution < -0.4 is 5.32 Å². The van der Waals surface area contributed by atoms with E-state index < -0.39 is 0 Å². The summed E-state index contributed by atoms with van der Waals surface area (Å²) in [5.74, 6) is 1.17. The number of aryl methyl sites for hydroxylation is 1. The molecule has 0 saturated carbocycles. The Morgan fingerprint density at radius 2 is 2.05 bits per heavy atom. The van der Waals surface area contributed by atoms with Crippen molar-refractivity contribution < 1.29 is 0 Å². The zero-order chi connectivity index (χ0) is 13.2.